The molecule has 0 aliphatic carbocycles. The van der Waals surface area contributed by atoms with Gasteiger partial charge in [-0.15, -0.1) is 0 Å². The van der Waals surface area contributed by atoms with Gasteiger partial charge in [-0.2, -0.15) is 0 Å². The molecule has 1 heterocycles. The van der Waals surface area contributed by atoms with Crippen LogP contribution in [0.25, 0.3) is 0 Å². The number of fused-ring (bicyclic) bond motifs is 1. The number of anilines is 1. The van der Waals surface area contributed by atoms with Crippen molar-refractivity contribution in [3.8, 4) is 0 Å². The maximum Gasteiger partial charge on any atom is 0.246 e. The van der Waals surface area contributed by atoms with E-state index in [0.717, 1.165) is 24.1 Å². The van der Waals surface area contributed by atoms with Crippen LogP contribution in [0.3, 0.4) is 0 Å². The molecular weight excluding hydrogens is 348 g/mol. The largest absolute Gasteiger partial charge is 0.333 e. The summed E-state index contributed by atoms with van der Waals surface area (Å²) in [5.41, 5.74) is 3.22. The maximum atomic E-state index is 12.9. The number of carbonyl (C=O) groups excluding carboxylic acids is 2. The van der Waals surface area contributed by atoms with Crippen molar-refractivity contribution >= 4 is 29.1 Å². The first kappa shape index (κ1) is 18.5. The average Bonchev–Trinajstić information content (AvgIpc) is 2.64. The van der Waals surface area contributed by atoms with Gasteiger partial charge in [-0.05, 0) is 48.6 Å². The van der Waals surface area contributed by atoms with Crippen molar-refractivity contribution < 1.29 is 9.59 Å². The molecule has 3 rings (SSSR count). The summed E-state index contributed by atoms with van der Waals surface area (Å²) in [5.74, 6) is -0.121. The number of rotatable bonds is 5. The lowest BCUT2D eigenvalue weighted by Gasteiger charge is -2.31. The predicted octanol–water partition coefficient (Wildman–Crippen LogP) is 3.71. The molecule has 136 valence electrons. The molecule has 0 N–H and O–H groups in total. The van der Waals surface area contributed by atoms with Crippen molar-refractivity contribution in [1.29, 1.82) is 0 Å². The van der Waals surface area contributed by atoms with Gasteiger partial charge in [0.05, 0.1) is 0 Å². The number of hydrogen-bond acceptors (Lipinski definition) is 2. The minimum Gasteiger partial charge on any atom is -0.333 e. The molecule has 26 heavy (non-hydrogen) atoms. The molecule has 2 aromatic carbocycles. The summed E-state index contributed by atoms with van der Waals surface area (Å²) in [6.07, 6.45) is 2.61. The molecule has 0 unspecified atom stereocenters. The summed E-state index contributed by atoms with van der Waals surface area (Å²) < 4.78 is 0. The second-order valence-corrected chi connectivity index (χ2v) is 7.03. The van der Waals surface area contributed by atoms with Crippen LogP contribution in [0.5, 0.6) is 0 Å². The lowest BCUT2D eigenvalue weighted by Crippen LogP contribution is -2.44. The van der Waals surface area contributed by atoms with Gasteiger partial charge in [0.1, 0.15) is 6.54 Å². The fraction of sp³-hybridized carbons (Fsp3) is 0.333. The number of halogens is 1. The van der Waals surface area contributed by atoms with Gasteiger partial charge in [0.15, 0.2) is 0 Å². The molecule has 0 bridgehead atoms. The van der Waals surface area contributed by atoms with Gasteiger partial charge in [-0.25, -0.2) is 0 Å². The normalized spacial score (nSPS) is 13.2. The van der Waals surface area contributed by atoms with Gasteiger partial charge in [0.2, 0.25) is 11.8 Å². The summed E-state index contributed by atoms with van der Waals surface area (Å²) >= 11 is 6.02. The van der Waals surface area contributed by atoms with Gasteiger partial charge in [-0.1, -0.05) is 41.9 Å². The van der Waals surface area contributed by atoms with Crippen LogP contribution in [0.1, 0.15) is 24.5 Å². The van der Waals surface area contributed by atoms with E-state index in [4.69, 9.17) is 11.6 Å². The number of carbonyl (C=O) groups is 2. The average molecular weight is 371 g/mol. The van der Waals surface area contributed by atoms with E-state index >= 15 is 0 Å². The van der Waals surface area contributed by atoms with E-state index in [1.54, 1.807) is 4.90 Å². The second-order valence-electron chi connectivity index (χ2n) is 6.60. The first-order valence-corrected chi connectivity index (χ1v) is 9.30. The third-order valence-electron chi connectivity index (χ3n) is 4.74. The highest BCUT2D eigenvalue weighted by Crippen LogP contribution is 2.26. The van der Waals surface area contributed by atoms with Crippen LogP contribution in [0, 0.1) is 0 Å². The van der Waals surface area contributed by atoms with Crippen molar-refractivity contribution in [3.05, 3.63) is 64.7 Å². The van der Waals surface area contributed by atoms with Gasteiger partial charge in [-0.3, -0.25) is 9.59 Å². The smallest absolute Gasteiger partial charge is 0.246 e. The first-order valence-electron chi connectivity index (χ1n) is 8.93. The fourth-order valence-corrected chi connectivity index (χ4v) is 3.56. The SMILES string of the molecule is CC(=O)N(CCc1cccc(Cl)c1)CC(=O)N1CCCc2ccccc21. The summed E-state index contributed by atoms with van der Waals surface area (Å²) in [6, 6.07) is 15.6. The molecule has 0 spiro atoms. The molecule has 4 nitrogen and oxygen atoms in total. The Labute approximate surface area is 159 Å². The highest BCUT2D eigenvalue weighted by molar-refractivity contribution is 6.30. The summed E-state index contributed by atoms with van der Waals surface area (Å²) in [5, 5.41) is 0.679. The van der Waals surface area contributed by atoms with Gasteiger partial charge in [0.25, 0.3) is 0 Å². The molecule has 1 aliphatic heterocycles. The van der Waals surface area contributed by atoms with E-state index in [2.05, 4.69) is 6.07 Å². The van der Waals surface area contributed by atoms with Crippen molar-refractivity contribution in [2.45, 2.75) is 26.2 Å². The van der Waals surface area contributed by atoms with Crippen LogP contribution in [0.15, 0.2) is 48.5 Å². The van der Waals surface area contributed by atoms with Crippen LogP contribution in [-0.2, 0) is 22.4 Å². The zero-order valence-corrected chi connectivity index (χ0v) is 15.7. The quantitative estimate of drug-likeness (QED) is 0.805. The molecule has 2 aromatic rings. The lowest BCUT2D eigenvalue weighted by molar-refractivity contribution is -0.133. The van der Waals surface area contributed by atoms with E-state index in [-0.39, 0.29) is 18.4 Å². The van der Waals surface area contributed by atoms with Gasteiger partial charge < -0.3 is 9.80 Å². The van der Waals surface area contributed by atoms with Crippen molar-refractivity contribution in [2.24, 2.45) is 0 Å². The van der Waals surface area contributed by atoms with E-state index in [1.807, 2.05) is 47.4 Å². The Morgan fingerprint density at radius 2 is 1.96 bits per heavy atom. The highest BCUT2D eigenvalue weighted by Gasteiger charge is 2.24. The van der Waals surface area contributed by atoms with E-state index in [9.17, 15) is 9.59 Å². The molecule has 0 aromatic heterocycles. The topological polar surface area (TPSA) is 40.6 Å². The molecule has 1 aliphatic rings. The minimum atomic E-state index is -0.0920. The Hall–Kier alpha value is -2.33. The molecule has 0 fully saturated rings. The van der Waals surface area contributed by atoms with E-state index < -0.39 is 0 Å². The fourth-order valence-electron chi connectivity index (χ4n) is 3.35. The molecule has 0 saturated carbocycles. The Kier molecular flexibility index (Phi) is 5.94. The molecule has 0 atom stereocenters. The molecule has 2 amide bonds. The Morgan fingerprint density at radius 1 is 1.15 bits per heavy atom. The van der Waals surface area contributed by atoms with Crippen LogP contribution in [0.4, 0.5) is 5.69 Å². The summed E-state index contributed by atoms with van der Waals surface area (Å²) in [6.45, 7) is 2.81. The van der Waals surface area contributed by atoms with Crippen LogP contribution in [-0.4, -0.2) is 36.3 Å². The number of para-hydroxylation sites is 1. The third-order valence-corrected chi connectivity index (χ3v) is 4.98. The molecular formula is C21H23ClN2O2. The van der Waals surface area contributed by atoms with Crippen LogP contribution < -0.4 is 4.90 Å². The zero-order chi connectivity index (χ0) is 18.5. The number of aryl methyl sites for hydroxylation is 1. The zero-order valence-electron chi connectivity index (χ0n) is 15.0. The summed E-state index contributed by atoms with van der Waals surface area (Å²) in [4.78, 5) is 28.3. The number of hydrogen-bond donors (Lipinski definition) is 0. The third kappa shape index (κ3) is 4.44. The molecule has 0 saturated heterocycles. The Bertz CT molecular complexity index is 806. The van der Waals surface area contributed by atoms with Gasteiger partial charge in [0, 0.05) is 30.7 Å². The number of amides is 2. The highest BCUT2D eigenvalue weighted by atomic mass is 35.5. The van der Waals surface area contributed by atoms with E-state index in [1.165, 1.54) is 12.5 Å². The van der Waals surface area contributed by atoms with Gasteiger partial charge >= 0.3 is 0 Å². The number of nitrogens with zero attached hydrogens (tertiary/aromatic N) is 2. The van der Waals surface area contributed by atoms with Crippen LogP contribution in [0.2, 0.25) is 5.02 Å². The molecule has 0 radical (unpaired) electrons. The summed E-state index contributed by atoms with van der Waals surface area (Å²) in [7, 11) is 0. The Balaban J connectivity index is 1.66. The minimum absolute atomic E-state index is 0.0292. The Morgan fingerprint density at radius 3 is 2.73 bits per heavy atom. The van der Waals surface area contributed by atoms with Crippen molar-refractivity contribution in [1.82, 2.24) is 4.90 Å². The standard InChI is InChI=1S/C21H23ClN2O2/c1-16(25)23(13-11-17-6-4-9-19(22)14-17)15-21(26)24-12-5-8-18-7-2-3-10-20(18)24/h2-4,6-7,9-10,14H,5,8,11-13,15H2,1H3. The maximum absolute atomic E-state index is 12.9. The van der Waals surface area contributed by atoms with Crippen molar-refractivity contribution in [3.63, 3.8) is 0 Å². The predicted molar refractivity (Wildman–Crippen MR) is 105 cm³/mol. The monoisotopic (exact) mass is 370 g/mol. The van der Waals surface area contributed by atoms with Crippen LogP contribution >= 0.6 is 11.6 Å². The van der Waals surface area contributed by atoms with Crippen molar-refractivity contribution in [2.75, 3.05) is 24.5 Å². The first-order chi connectivity index (χ1) is 12.5. The van der Waals surface area contributed by atoms with E-state index in [0.29, 0.717) is 24.5 Å². The lowest BCUT2D eigenvalue weighted by atomic mass is 10.0. The molecule has 5 heteroatoms. The number of benzene rings is 2. The second kappa shape index (κ2) is 8.37.